The average Bonchev–Trinajstić information content (AvgIpc) is 2.74. The van der Waals surface area contributed by atoms with Crippen LogP contribution in [0.4, 0.5) is 13.2 Å². The summed E-state index contributed by atoms with van der Waals surface area (Å²) in [5.74, 6) is 0. The molecule has 0 saturated heterocycles. The number of aryl methyl sites for hydroxylation is 1. The molecule has 2 N–H and O–H groups in total. The van der Waals surface area contributed by atoms with Crippen LogP contribution in [0.25, 0.3) is 5.69 Å². The lowest BCUT2D eigenvalue weighted by Gasteiger charge is -2.07. The number of hydrogen-bond donors (Lipinski definition) is 1. The summed E-state index contributed by atoms with van der Waals surface area (Å²) in [6.07, 6.45) is -4.10. The second-order valence-corrected chi connectivity index (χ2v) is 4.30. The molecule has 0 unspecified atom stereocenters. The van der Waals surface area contributed by atoms with E-state index in [1.165, 1.54) is 4.68 Å². The Labute approximate surface area is 108 Å². The van der Waals surface area contributed by atoms with Gasteiger partial charge < -0.3 is 5.73 Å². The number of hydrogen-bond acceptors (Lipinski definition) is 2. The second-order valence-electron chi connectivity index (χ2n) is 4.30. The van der Waals surface area contributed by atoms with Gasteiger partial charge in [0.05, 0.1) is 5.69 Å². The lowest BCUT2D eigenvalue weighted by Crippen LogP contribution is -2.09. The summed E-state index contributed by atoms with van der Waals surface area (Å²) in [6.45, 7) is 2.18. The maximum atomic E-state index is 12.7. The highest BCUT2D eigenvalue weighted by molar-refractivity contribution is 5.36. The van der Waals surface area contributed by atoms with Gasteiger partial charge in [-0.05, 0) is 31.7 Å². The molecule has 0 radical (unpaired) electrons. The van der Waals surface area contributed by atoms with Gasteiger partial charge in [-0.3, -0.25) is 0 Å². The Morgan fingerprint density at radius 1 is 1.21 bits per heavy atom. The van der Waals surface area contributed by atoms with Gasteiger partial charge in [0.2, 0.25) is 0 Å². The molecule has 1 aromatic carbocycles. The summed E-state index contributed by atoms with van der Waals surface area (Å²) in [5.41, 5.74) is 6.63. The van der Waals surface area contributed by atoms with Crippen LogP contribution in [0.1, 0.15) is 17.0 Å². The van der Waals surface area contributed by atoms with Crippen molar-refractivity contribution in [2.24, 2.45) is 5.73 Å². The normalized spacial score (nSPS) is 11.8. The third-order valence-corrected chi connectivity index (χ3v) is 2.75. The van der Waals surface area contributed by atoms with E-state index < -0.39 is 11.9 Å². The number of benzene rings is 1. The number of rotatable bonds is 3. The van der Waals surface area contributed by atoms with Gasteiger partial charge in [-0.15, -0.1) is 0 Å². The van der Waals surface area contributed by atoms with Gasteiger partial charge in [0.15, 0.2) is 5.69 Å². The molecule has 0 fully saturated rings. The molecule has 6 heteroatoms. The van der Waals surface area contributed by atoms with Crippen LogP contribution in [0.2, 0.25) is 0 Å². The molecule has 0 amide bonds. The molecule has 2 aromatic rings. The predicted octanol–water partition coefficient (Wildman–Crippen LogP) is 2.70. The number of nitrogens with two attached hydrogens (primary N) is 1. The molecule has 102 valence electrons. The van der Waals surface area contributed by atoms with Gasteiger partial charge in [0.1, 0.15) is 0 Å². The third kappa shape index (κ3) is 2.96. The van der Waals surface area contributed by atoms with E-state index in [0.717, 1.165) is 11.6 Å². The van der Waals surface area contributed by atoms with E-state index in [2.05, 4.69) is 5.10 Å². The predicted molar refractivity (Wildman–Crippen MR) is 66.1 cm³/mol. The Morgan fingerprint density at radius 3 is 2.37 bits per heavy atom. The molecular formula is C13H14F3N3. The smallest absolute Gasteiger partial charge is 0.330 e. The Hall–Kier alpha value is -1.82. The van der Waals surface area contributed by atoms with E-state index in [9.17, 15) is 13.2 Å². The van der Waals surface area contributed by atoms with Crippen LogP contribution in [-0.2, 0) is 12.6 Å². The van der Waals surface area contributed by atoms with Crippen LogP contribution in [0.3, 0.4) is 0 Å². The van der Waals surface area contributed by atoms with Crippen LogP contribution in [0, 0.1) is 6.92 Å². The van der Waals surface area contributed by atoms with E-state index >= 15 is 0 Å². The van der Waals surface area contributed by atoms with E-state index in [1.54, 1.807) is 12.1 Å². The molecule has 0 spiro atoms. The lowest BCUT2D eigenvalue weighted by atomic mass is 10.2. The zero-order chi connectivity index (χ0) is 14.0. The first-order chi connectivity index (χ1) is 8.91. The largest absolute Gasteiger partial charge is 0.435 e. The molecule has 0 atom stereocenters. The fraction of sp³-hybridized carbons (Fsp3) is 0.308. The minimum atomic E-state index is -4.45. The molecular weight excluding hydrogens is 255 g/mol. The zero-order valence-corrected chi connectivity index (χ0v) is 10.4. The van der Waals surface area contributed by atoms with E-state index in [-0.39, 0.29) is 6.54 Å². The molecule has 0 aliphatic carbocycles. The first-order valence-electron chi connectivity index (χ1n) is 5.85. The van der Waals surface area contributed by atoms with Crippen LogP contribution < -0.4 is 5.73 Å². The van der Waals surface area contributed by atoms with Crippen molar-refractivity contribution < 1.29 is 13.2 Å². The summed E-state index contributed by atoms with van der Waals surface area (Å²) < 4.78 is 39.4. The molecule has 0 saturated carbocycles. The van der Waals surface area contributed by atoms with Crippen molar-refractivity contribution in [3.05, 3.63) is 47.3 Å². The van der Waals surface area contributed by atoms with Crippen LogP contribution in [-0.4, -0.2) is 16.3 Å². The van der Waals surface area contributed by atoms with Crippen molar-refractivity contribution in [1.82, 2.24) is 9.78 Å². The summed E-state index contributed by atoms with van der Waals surface area (Å²) in [5, 5.41) is 3.64. The fourth-order valence-corrected chi connectivity index (χ4v) is 1.79. The Kier molecular flexibility index (Phi) is 3.61. The molecule has 1 aromatic heterocycles. The summed E-state index contributed by atoms with van der Waals surface area (Å²) in [7, 11) is 0. The Bertz CT molecular complexity index is 556. The monoisotopic (exact) mass is 269 g/mol. The summed E-state index contributed by atoms with van der Waals surface area (Å²) in [6, 6.07) is 8.19. The quantitative estimate of drug-likeness (QED) is 0.931. The maximum Gasteiger partial charge on any atom is 0.435 e. The zero-order valence-electron chi connectivity index (χ0n) is 10.4. The highest BCUT2D eigenvalue weighted by Gasteiger charge is 2.34. The number of nitrogens with zero attached hydrogens (tertiary/aromatic N) is 2. The molecule has 1 heterocycles. The van der Waals surface area contributed by atoms with Crippen molar-refractivity contribution in [2.45, 2.75) is 19.5 Å². The molecule has 3 nitrogen and oxygen atoms in total. The number of halogens is 3. The van der Waals surface area contributed by atoms with Gasteiger partial charge in [-0.25, -0.2) is 4.68 Å². The summed E-state index contributed by atoms with van der Waals surface area (Å²) in [4.78, 5) is 0. The number of aromatic nitrogens is 2. The van der Waals surface area contributed by atoms with E-state index in [1.807, 2.05) is 19.1 Å². The van der Waals surface area contributed by atoms with Gasteiger partial charge in [0, 0.05) is 12.1 Å². The molecule has 19 heavy (non-hydrogen) atoms. The maximum absolute atomic E-state index is 12.7. The highest BCUT2D eigenvalue weighted by atomic mass is 19.4. The van der Waals surface area contributed by atoms with Crippen LogP contribution in [0.15, 0.2) is 30.3 Å². The van der Waals surface area contributed by atoms with Crippen molar-refractivity contribution in [2.75, 3.05) is 6.54 Å². The van der Waals surface area contributed by atoms with Crippen molar-refractivity contribution >= 4 is 0 Å². The fourth-order valence-electron chi connectivity index (χ4n) is 1.79. The molecule has 0 aliphatic rings. The first-order valence-corrected chi connectivity index (χ1v) is 5.85. The van der Waals surface area contributed by atoms with Crippen LogP contribution >= 0.6 is 0 Å². The lowest BCUT2D eigenvalue weighted by molar-refractivity contribution is -0.141. The van der Waals surface area contributed by atoms with Crippen LogP contribution in [0.5, 0.6) is 0 Å². The minimum Gasteiger partial charge on any atom is -0.330 e. The first kappa shape index (κ1) is 13.6. The molecule has 0 aliphatic heterocycles. The second kappa shape index (κ2) is 5.05. The van der Waals surface area contributed by atoms with Gasteiger partial charge in [-0.2, -0.15) is 18.3 Å². The molecule has 0 bridgehead atoms. The van der Waals surface area contributed by atoms with Gasteiger partial charge in [-0.1, -0.05) is 17.7 Å². The SMILES string of the molecule is Cc1ccc(-n2nc(C(F)(F)F)cc2CCN)cc1. The van der Waals surface area contributed by atoms with Crippen molar-refractivity contribution in [3.8, 4) is 5.69 Å². The number of alkyl halides is 3. The van der Waals surface area contributed by atoms with Gasteiger partial charge in [0.25, 0.3) is 0 Å². The Morgan fingerprint density at radius 2 is 1.84 bits per heavy atom. The van der Waals surface area contributed by atoms with Crippen molar-refractivity contribution in [1.29, 1.82) is 0 Å². The summed E-state index contributed by atoms with van der Waals surface area (Å²) >= 11 is 0. The minimum absolute atomic E-state index is 0.273. The highest BCUT2D eigenvalue weighted by Crippen LogP contribution is 2.29. The third-order valence-electron chi connectivity index (χ3n) is 2.75. The van der Waals surface area contributed by atoms with E-state index in [0.29, 0.717) is 17.8 Å². The standard InChI is InChI=1S/C13H14F3N3/c1-9-2-4-10(5-3-9)19-11(6-7-17)8-12(18-19)13(14,15)16/h2-5,8H,6-7,17H2,1H3. The van der Waals surface area contributed by atoms with Gasteiger partial charge >= 0.3 is 6.18 Å². The Balaban J connectivity index is 2.48. The molecule has 2 rings (SSSR count). The van der Waals surface area contributed by atoms with E-state index in [4.69, 9.17) is 5.73 Å². The van der Waals surface area contributed by atoms with Crippen molar-refractivity contribution in [3.63, 3.8) is 0 Å². The topological polar surface area (TPSA) is 43.8 Å². The average molecular weight is 269 g/mol.